The van der Waals surface area contributed by atoms with Crippen LogP contribution in [0.2, 0.25) is 0 Å². The van der Waals surface area contributed by atoms with Crippen molar-refractivity contribution < 1.29 is 14.7 Å². The molecule has 2 aromatic rings. The molecule has 2 rings (SSSR count). The Morgan fingerprint density at radius 2 is 1.79 bits per heavy atom. The number of halogens is 1. The number of carboxylic acid groups (broad SMARTS) is 1. The zero-order valence-electron chi connectivity index (χ0n) is 13.7. The molecule has 4 nitrogen and oxygen atoms in total. The van der Waals surface area contributed by atoms with Gasteiger partial charge in [-0.3, -0.25) is 9.59 Å². The van der Waals surface area contributed by atoms with E-state index in [-0.39, 0.29) is 12.3 Å². The van der Waals surface area contributed by atoms with Crippen LogP contribution in [0.5, 0.6) is 0 Å². The summed E-state index contributed by atoms with van der Waals surface area (Å²) in [4.78, 5) is 23.7. The van der Waals surface area contributed by atoms with Crippen LogP contribution < -0.4 is 5.32 Å². The maximum atomic E-state index is 12.3. The summed E-state index contributed by atoms with van der Waals surface area (Å²) in [5.74, 6) is -2.00. The second-order valence-electron chi connectivity index (χ2n) is 5.94. The predicted octanol–water partition coefficient (Wildman–Crippen LogP) is 4.34. The zero-order valence-corrected chi connectivity index (χ0v) is 15.3. The van der Waals surface area contributed by atoms with E-state index in [2.05, 4.69) is 21.2 Å². The Morgan fingerprint density at radius 3 is 2.42 bits per heavy atom. The van der Waals surface area contributed by atoms with Crippen LogP contribution in [0.25, 0.3) is 0 Å². The smallest absolute Gasteiger partial charge is 0.307 e. The molecule has 0 bridgehead atoms. The minimum absolute atomic E-state index is 0.0568. The number of nitrogens with one attached hydrogen (secondary N) is 1. The van der Waals surface area contributed by atoms with Gasteiger partial charge in [0.05, 0.1) is 5.92 Å². The molecule has 1 amide bonds. The van der Waals surface area contributed by atoms with E-state index in [1.807, 2.05) is 56.3 Å². The topological polar surface area (TPSA) is 66.4 Å². The van der Waals surface area contributed by atoms with Crippen LogP contribution in [-0.4, -0.2) is 17.0 Å². The lowest BCUT2D eigenvalue weighted by Gasteiger charge is -2.14. The van der Waals surface area contributed by atoms with Crippen molar-refractivity contribution in [2.45, 2.75) is 26.7 Å². The predicted molar refractivity (Wildman–Crippen MR) is 98.1 cm³/mol. The van der Waals surface area contributed by atoms with Gasteiger partial charge in [0, 0.05) is 16.6 Å². The van der Waals surface area contributed by atoms with Gasteiger partial charge in [0.2, 0.25) is 5.91 Å². The molecule has 0 saturated heterocycles. The lowest BCUT2D eigenvalue weighted by Crippen LogP contribution is -2.24. The summed E-state index contributed by atoms with van der Waals surface area (Å²) in [7, 11) is 0. The number of carboxylic acids is 1. The van der Waals surface area contributed by atoms with Crippen molar-refractivity contribution in [1.82, 2.24) is 0 Å². The third-order valence-corrected chi connectivity index (χ3v) is 4.37. The summed E-state index contributed by atoms with van der Waals surface area (Å²) >= 11 is 3.35. The number of aryl methyl sites for hydroxylation is 2. The number of amides is 1. The Kier molecular flexibility index (Phi) is 6.15. The van der Waals surface area contributed by atoms with Crippen LogP contribution in [-0.2, 0) is 16.0 Å². The van der Waals surface area contributed by atoms with Crippen LogP contribution >= 0.6 is 15.9 Å². The van der Waals surface area contributed by atoms with Crippen molar-refractivity contribution >= 4 is 33.5 Å². The van der Waals surface area contributed by atoms with E-state index in [1.54, 1.807) is 0 Å². The molecule has 0 radical (unpaired) electrons. The summed E-state index contributed by atoms with van der Waals surface area (Å²) < 4.78 is 0.936. The Balaban J connectivity index is 2.04. The average Bonchev–Trinajstić information content (AvgIpc) is 2.52. The fourth-order valence-corrected chi connectivity index (χ4v) is 2.71. The molecule has 0 unspecified atom stereocenters. The lowest BCUT2D eigenvalue weighted by molar-refractivity contribution is -0.143. The first-order chi connectivity index (χ1) is 11.3. The standard InChI is InChI=1S/C19H20BrNO3/c1-12-3-4-13(2)17(9-12)21-18(22)11-15(19(23)24)10-14-5-7-16(20)8-6-14/h3-9,15H,10-11H2,1-2H3,(H,21,22)(H,23,24)/t15-/m0/s1. The lowest BCUT2D eigenvalue weighted by atomic mass is 9.96. The van der Waals surface area contributed by atoms with Crippen LogP contribution in [0, 0.1) is 19.8 Å². The van der Waals surface area contributed by atoms with Crippen molar-refractivity contribution in [2.24, 2.45) is 5.92 Å². The number of hydrogen-bond donors (Lipinski definition) is 2. The minimum atomic E-state index is -0.964. The summed E-state index contributed by atoms with van der Waals surface area (Å²) in [6.07, 6.45) is 0.265. The van der Waals surface area contributed by atoms with Gasteiger partial charge >= 0.3 is 5.97 Å². The van der Waals surface area contributed by atoms with Crippen LogP contribution in [0.3, 0.4) is 0 Å². The van der Waals surface area contributed by atoms with Gasteiger partial charge < -0.3 is 10.4 Å². The molecular formula is C19H20BrNO3. The highest BCUT2D eigenvalue weighted by molar-refractivity contribution is 9.10. The number of aliphatic carboxylic acids is 1. The number of rotatable bonds is 6. The van der Waals surface area contributed by atoms with Crippen molar-refractivity contribution in [1.29, 1.82) is 0 Å². The fourth-order valence-electron chi connectivity index (χ4n) is 2.45. The summed E-state index contributed by atoms with van der Waals surface area (Å²) in [5.41, 5.74) is 3.62. The molecule has 0 spiro atoms. The Labute approximate surface area is 150 Å². The Hall–Kier alpha value is -2.14. The van der Waals surface area contributed by atoms with E-state index in [0.29, 0.717) is 6.42 Å². The highest BCUT2D eigenvalue weighted by Gasteiger charge is 2.22. The molecule has 0 aliphatic rings. The molecule has 0 saturated carbocycles. The van der Waals surface area contributed by atoms with Gasteiger partial charge in [0.15, 0.2) is 0 Å². The maximum Gasteiger partial charge on any atom is 0.307 e. The minimum Gasteiger partial charge on any atom is -0.481 e. The third kappa shape index (κ3) is 5.20. The highest BCUT2D eigenvalue weighted by Crippen LogP contribution is 2.19. The highest BCUT2D eigenvalue weighted by atomic mass is 79.9. The average molecular weight is 390 g/mol. The van der Waals surface area contributed by atoms with Crippen molar-refractivity contribution in [2.75, 3.05) is 5.32 Å². The molecule has 5 heteroatoms. The number of carbonyl (C=O) groups excluding carboxylic acids is 1. The monoisotopic (exact) mass is 389 g/mol. The molecule has 2 N–H and O–H groups in total. The zero-order chi connectivity index (χ0) is 17.7. The molecule has 0 fully saturated rings. The van der Waals surface area contributed by atoms with Gasteiger partial charge in [-0.25, -0.2) is 0 Å². The first kappa shape index (κ1) is 18.2. The molecule has 0 aromatic heterocycles. The first-order valence-corrected chi connectivity index (χ1v) is 8.49. The van der Waals surface area contributed by atoms with Crippen molar-refractivity contribution in [3.63, 3.8) is 0 Å². The van der Waals surface area contributed by atoms with Crippen molar-refractivity contribution in [3.05, 3.63) is 63.6 Å². The summed E-state index contributed by atoms with van der Waals surface area (Å²) in [6.45, 7) is 3.86. The number of benzene rings is 2. The number of carbonyl (C=O) groups is 2. The normalized spacial score (nSPS) is 11.8. The first-order valence-electron chi connectivity index (χ1n) is 7.69. The summed E-state index contributed by atoms with van der Waals surface area (Å²) in [5, 5.41) is 12.2. The van der Waals surface area contributed by atoms with E-state index >= 15 is 0 Å². The quantitative estimate of drug-likeness (QED) is 0.771. The third-order valence-electron chi connectivity index (χ3n) is 3.84. The molecule has 1 atom stereocenters. The second-order valence-corrected chi connectivity index (χ2v) is 6.85. The molecule has 24 heavy (non-hydrogen) atoms. The largest absolute Gasteiger partial charge is 0.481 e. The summed E-state index contributed by atoms with van der Waals surface area (Å²) in [6, 6.07) is 13.2. The van der Waals surface area contributed by atoms with Gasteiger partial charge in [0.1, 0.15) is 0 Å². The van der Waals surface area contributed by atoms with E-state index < -0.39 is 11.9 Å². The maximum absolute atomic E-state index is 12.3. The van der Waals surface area contributed by atoms with Gasteiger partial charge in [-0.05, 0) is 55.2 Å². The van der Waals surface area contributed by atoms with Gasteiger partial charge in [-0.2, -0.15) is 0 Å². The molecule has 0 aliphatic heterocycles. The van der Waals surface area contributed by atoms with Crippen LogP contribution in [0.4, 0.5) is 5.69 Å². The molecular weight excluding hydrogens is 370 g/mol. The molecule has 0 aliphatic carbocycles. The van der Waals surface area contributed by atoms with E-state index in [0.717, 1.165) is 26.9 Å². The number of anilines is 1. The van der Waals surface area contributed by atoms with E-state index in [9.17, 15) is 14.7 Å². The fraction of sp³-hybridized carbons (Fsp3) is 0.263. The van der Waals surface area contributed by atoms with E-state index in [4.69, 9.17) is 0 Å². The van der Waals surface area contributed by atoms with Crippen molar-refractivity contribution in [3.8, 4) is 0 Å². The number of hydrogen-bond acceptors (Lipinski definition) is 2. The molecule has 126 valence electrons. The second kappa shape index (κ2) is 8.11. The molecule has 0 heterocycles. The SMILES string of the molecule is Cc1ccc(C)c(NC(=O)C[C@H](Cc2ccc(Br)cc2)C(=O)O)c1. The van der Waals surface area contributed by atoms with Gasteiger partial charge in [-0.1, -0.05) is 40.2 Å². The Morgan fingerprint density at radius 1 is 1.12 bits per heavy atom. The van der Waals surface area contributed by atoms with Crippen LogP contribution in [0.1, 0.15) is 23.1 Å². The van der Waals surface area contributed by atoms with Gasteiger partial charge in [-0.15, -0.1) is 0 Å². The van der Waals surface area contributed by atoms with Crippen LogP contribution in [0.15, 0.2) is 46.9 Å². The Bertz CT molecular complexity index is 741. The van der Waals surface area contributed by atoms with Gasteiger partial charge in [0.25, 0.3) is 0 Å². The molecule has 2 aromatic carbocycles. The van der Waals surface area contributed by atoms with E-state index in [1.165, 1.54) is 0 Å².